The first kappa shape index (κ1) is 22.9. The number of hydrogen-bond donors (Lipinski definition) is 1. The van der Waals surface area contributed by atoms with Crippen LogP contribution in [0.5, 0.6) is 11.5 Å². The average molecular weight is 477 g/mol. The lowest BCUT2D eigenvalue weighted by molar-refractivity contribution is 0.102. The third kappa shape index (κ3) is 5.28. The van der Waals surface area contributed by atoms with Gasteiger partial charge < -0.3 is 19.2 Å². The number of nitrogens with one attached hydrogen (secondary N) is 1. The highest BCUT2D eigenvalue weighted by atomic mass is 16.5. The van der Waals surface area contributed by atoms with E-state index in [1.54, 1.807) is 19.4 Å². The van der Waals surface area contributed by atoms with Gasteiger partial charge in [0, 0.05) is 16.8 Å². The molecule has 6 nitrogen and oxygen atoms in total. The number of oxazole rings is 1. The zero-order valence-corrected chi connectivity index (χ0v) is 19.7. The Hall–Kier alpha value is -4.84. The summed E-state index contributed by atoms with van der Waals surface area (Å²) in [6.45, 7) is 0.480. The van der Waals surface area contributed by atoms with E-state index in [1.165, 1.54) is 0 Å². The van der Waals surface area contributed by atoms with E-state index in [9.17, 15) is 4.79 Å². The summed E-state index contributed by atoms with van der Waals surface area (Å²) in [6.07, 6.45) is 1.65. The van der Waals surface area contributed by atoms with Crippen LogP contribution in [0.3, 0.4) is 0 Å². The van der Waals surface area contributed by atoms with Gasteiger partial charge in [0.2, 0.25) is 5.89 Å². The molecule has 0 saturated heterocycles. The molecule has 6 heteroatoms. The Bertz CT molecular complexity index is 1460. The van der Waals surface area contributed by atoms with E-state index in [2.05, 4.69) is 10.3 Å². The highest BCUT2D eigenvalue weighted by Crippen LogP contribution is 2.30. The zero-order chi connectivity index (χ0) is 24.7. The molecule has 0 aliphatic heterocycles. The molecular formula is C30H24N2O4. The van der Waals surface area contributed by atoms with Crippen LogP contribution in [0.15, 0.2) is 114 Å². The number of ether oxygens (including phenoxy) is 2. The van der Waals surface area contributed by atoms with Crippen molar-refractivity contribution in [3.8, 4) is 34.3 Å². The van der Waals surface area contributed by atoms with Gasteiger partial charge in [-0.3, -0.25) is 4.79 Å². The monoisotopic (exact) mass is 476 g/mol. The summed E-state index contributed by atoms with van der Waals surface area (Å²) in [5, 5.41) is 2.94. The first-order valence-corrected chi connectivity index (χ1v) is 11.5. The van der Waals surface area contributed by atoms with Crippen molar-refractivity contribution in [1.29, 1.82) is 0 Å². The second kappa shape index (κ2) is 10.6. The number of aromatic nitrogens is 1. The van der Waals surface area contributed by atoms with Gasteiger partial charge >= 0.3 is 0 Å². The molecule has 4 aromatic carbocycles. The van der Waals surface area contributed by atoms with Crippen LogP contribution in [0.2, 0.25) is 0 Å². The van der Waals surface area contributed by atoms with Gasteiger partial charge in [-0.15, -0.1) is 0 Å². The van der Waals surface area contributed by atoms with E-state index in [0.29, 0.717) is 35.1 Å². The minimum Gasteiger partial charge on any atom is -0.497 e. The second-order valence-electron chi connectivity index (χ2n) is 8.06. The molecule has 0 atom stereocenters. The number of benzene rings is 4. The molecule has 36 heavy (non-hydrogen) atoms. The van der Waals surface area contributed by atoms with Gasteiger partial charge in [0.15, 0.2) is 5.76 Å². The number of carbonyl (C=O) groups excluding carboxylic acids is 1. The Balaban J connectivity index is 1.30. The number of hydrogen-bond acceptors (Lipinski definition) is 5. The topological polar surface area (TPSA) is 73.6 Å². The van der Waals surface area contributed by atoms with Gasteiger partial charge in [-0.05, 0) is 54.1 Å². The maximum atomic E-state index is 13.1. The summed E-state index contributed by atoms with van der Waals surface area (Å²) in [6, 6.07) is 32.0. The molecule has 1 heterocycles. The standard InChI is InChI=1S/C30H24N2O4/c1-34-25-11-7-10-22(18-25)28-19-31-30(36-28)27-13-6-5-12-26(27)29(33)32-23-14-16-24(17-15-23)35-20-21-8-3-2-4-9-21/h2-19H,20H2,1H3,(H,32,33). The SMILES string of the molecule is COc1cccc(-c2cnc(-c3ccccc3C(=O)Nc3ccc(OCc4ccccc4)cc3)o2)c1. The van der Waals surface area contributed by atoms with Crippen LogP contribution >= 0.6 is 0 Å². The Morgan fingerprint density at radius 2 is 1.64 bits per heavy atom. The molecule has 1 N–H and O–H groups in total. The van der Waals surface area contributed by atoms with Gasteiger partial charge in [-0.1, -0.05) is 54.6 Å². The van der Waals surface area contributed by atoms with Crippen LogP contribution < -0.4 is 14.8 Å². The van der Waals surface area contributed by atoms with Crippen molar-refractivity contribution < 1.29 is 18.7 Å². The molecule has 5 aromatic rings. The van der Waals surface area contributed by atoms with Gasteiger partial charge in [0.1, 0.15) is 18.1 Å². The molecular weight excluding hydrogens is 452 g/mol. The minimum absolute atomic E-state index is 0.260. The lowest BCUT2D eigenvalue weighted by Crippen LogP contribution is -2.13. The lowest BCUT2D eigenvalue weighted by Gasteiger charge is -2.10. The Morgan fingerprint density at radius 3 is 2.44 bits per heavy atom. The molecule has 0 aliphatic carbocycles. The van der Waals surface area contributed by atoms with Crippen molar-refractivity contribution in [2.45, 2.75) is 6.61 Å². The van der Waals surface area contributed by atoms with E-state index in [-0.39, 0.29) is 5.91 Å². The van der Waals surface area contributed by atoms with Gasteiger partial charge in [-0.25, -0.2) is 4.98 Å². The van der Waals surface area contributed by atoms with E-state index < -0.39 is 0 Å². The van der Waals surface area contributed by atoms with Crippen LogP contribution in [0.25, 0.3) is 22.8 Å². The number of methoxy groups -OCH3 is 1. The summed E-state index contributed by atoms with van der Waals surface area (Å²) >= 11 is 0. The molecule has 1 amide bonds. The van der Waals surface area contributed by atoms with Crippen molar-refractivity contribution in [1.82, 2.24) is 4.98 Å². The van der Waals surface area contributed by atoms with Crippen LogP contribution in [-0.4, -0.2) is 18.0 Å². The van der Waals surface area contributed by atoms with E-state index in [0.717, 1.165) is 22.6 Å². The van der Waals surface area contributed by atoms with E-state index >= 15 is 0 Å². The molecule has 5 rings (SSSR count). The number of nitrogens with zero attached hydrogens (tertiary/aromatic N) is 1. The fourth-order valence-corrected chi connectivity index (χ4v) is 3.75. The van der Waals surface area contributed by atoms with Crippen molar-refractivity contribution >= 4 is 11.6 Å². The summed E-state index contributed by atoms with van der Waals surface area (Å²) < 4.78 is 17.1. The zero-order valence-electron chi connectivity index (χ0n) is 19.7. The normalized spacial score (nSPS) is 10.6. The highest BCUT2D eigenvalue weighted by molar-refractivity contribution is 6.08. The summed E-state index contributed by atoms with van der Waals surface area (Å²) in [7, 11) is 1.62. The molecule has 0 saturated carbocycles. The summed E-state index contributed by atoms with van der Waals surface area (Å²) in [4.78, 5) is 17.6. The third-order valence-corrected chi connectivity index (χ3v) is 5.62. The summed E-state index contributed by atoms with van der Waals surface area (Å²) in [5.74, 6) is 2.14. The predicted octanol–water partition coefficient (Wildman–Crippen LogP) is 6.85. The van der Waals surface area contributed by atoms with Crippen molar-refractivity contribution in [3.63, 3.8) is 0 Å². The number of rotatable bonds is 8. The van der Waals surface area contributed by atoms with E-state index in [4.69, 9.17) is 13.9 Å². The van der Waals surface area contributed by atoms with Gasteiger partial charge in [-0.2, -0.15) is 0 Å². The van der Waals surface area contributed by atoms with Crippen LogP contribution in [-0.2, 0) is 6.61 Å². The first-order chi connectivity index (χ1) is 17.7. The number of amides is 1. The fraction of sp³-hybridized carbons (Fsp3) is 0.0667. The summed E-state index contributed by atoms with van der Waals surface area (Å²) in [5.41, 5.74) is 3.65. The molecule has 0 bridgehead atoms. The minimum atomic E-state index is -0.260. The second-order valence-corrected chi connectivity index (χ2v) is 8.06. The Morgan fingerprint density at radius 1 is 0.861 bits per heavy atom. The maximum Gasteiger partial charge on any atom is 0.256 e. The number of anilines is 1. The largest absolute Gasteiger partial charge is 0.497 e. The molecule has 0 aliphatic rings. The molecule has 1 aromatic heterocycles. The highest BCUT2D eigenvalue weighted by Gasteiger charge is 2.17. The Labute approximate surface area is 209 Å². The first-order valence-electron chi connectivity index (χ1n) is 11.5. The van der Waals surface area contributed by atoms with Gasteiger partial charge in [0.05, 0.1) is 18.9 Å². The molecule has 0 unspecified atom stereocenters. The van der Waals surface area contributed by atoms with Crippen molar-refractivity contribution in [2.75, 3.05) is 12.4 Å². The van der Waals surface area contributed by atoms with Crippen LogP contribution in [0.1, 0.15) is 15.9 Å². The molecule has 0 spiro atoms. The van der Waals surface area contributed by atoms with Crippen molar-refractivity contribution in [3.05, 3.63) is 120 Å². The van der Waals surface area contributed by atoms with Crippen molar-refractivity contribution in [2.24, 2.45) is 0 Å². The number of carbonyl (C=O) groups is 1. The molecule has 178 valence electrons. The molecule has 0 radical (unpaired) electrons. The Kier molecular flexibility index (Phi) is 6.76. The van der Waals surface area contributed by atoms with Gasteiger partial charge in [0.25, 0.3) is 5.91 Å². The van der Waals surface area contributed by atoms with E-state index in [1.807, 2.05) is 97.1 Å². The smallest absolute Gasteiger partial charge is 0.256 e. The maximum absolute atomic E-state index is 13.1. The average Bonchev–Trinajstić information content (AvgIpc) is 3.44. The lowest BCUT2D eigenvalue weighted by atomic mass is 10.1. The van der Waals surface area contributed by atoms with Crippen LogP contribution in [0.4, 0.5) is 5.69 Å². The van der Waals surface area contributed by atoms with Crippen LogP contribution in [0, 0.1) is 0 Å². The fourth-order valence-electron chi connectivity index (χ4n) is 3.75. The quantitative estimate of drug-likeness (QED) is 0.265. The third-order valence-electron chi connectivity index (χ3n) is 5.62. The predicted molar refractivity (Wildman–Crippen MR) is 139 cm³/mol. The molecule has 0 fully saturated rings.